The molecule has 190 valence electrons. The van der Waals surface area contributed by atoms with Crippen LogP contribution in [0.2, 0.25) is 5.02 Å². The molecular weight excluding hydrogens is 496 g/mol. The van der Waals surface area contributed by atoms with Gasteiger partial charge in [0.15, 0.2) is 0 Å². The first-order valence-corrected chi connectivity index (χ1v) is 14.0. The van der Waals surface area contributed by atoms with Gasteiger partial charge in [0.1, 0.15) is 5.75 Å². The first-order chi connectivity index (χ1) is 17.4. The third-order valence-corrected chi connectivity index (χ3v) is 8.77. The highest BCUT2D eigenvalue weighted by atomic mass is 35.5. The molecule has 1 fully saturated rings. The Labute approximate surface area is 218 Å². The van der Waals surface area contributed by atoms with E-state index in [0.29, 0.717) is 5.75 Å². The van der Waals surface area contributed by atoms with Crippen LogP contribution in [0.4, 0.5) is 0 Å². The van der Waals surface area contributed by atoms with Crippen molar-refractivity contribution < 1.29 is 17.9 Å². The van der Waals surface area contributed by atoms with Gasteiger partial charge in [0, 0.05) is 6.04 Å². The second-order valence-corrected chi connectivity index (χ2v) is 11.3. The van der Waals surface area contributed by atoms with Gasteiger partial charge in [0.25, 0.3) is 0 Å². The fourth-order valence-electron chi connectivity index (χ4n) is 4.72. The number of nitrogens with zero attached hydrogens (tertiary/aromatic N) is 1. The highest BCUT2D eigenvalue weighted by Gasteiger charge is 2.35. The minimum absolute atomic E-state index is 0.0503. The average molecular weight is 527 g/mol. The van der Waals surface area contributed by atoms with Gasteiger partial charge in [-0.15, -0.1) is 0 Å². The van der Waals surface area contributed by atoms with Crippen molar-refractivity contribution in [3.05, 3.63) is 95.0 Å². The Kier molecular flexibility index (Phi) is 8.67. The maximum atomic E-state index is 13.8. The normalized spacial score (nSPS) is 14.7. The summed E-state index contributed by atoms with van der Waals surface area (Å²) in [6.45, 7) is -0.271. The molecule has 0 unspecified atom stereocenters. The minimum atomic E-state index is -3.98. The van der Waals surface area contributed by atoms with Crippen LogP contribution < -0.4 is 10.1 Å². The Morgan fingerprint density at radius 3 is 2.08 bits per heavy atom. The van der Waals surface area contributed by atoms with Crippen molar-refractivity contribution in [1.82, 2.24) is 9.62 Å². The summed E-state index contributed by atoms with van der Waals surface area (Å²) in [7, 11) is -2.50. The topological polar surface area (TPSA) is 75.7 Å². The Morgan fingerprint density at radius 1 is 0.972 bits per heavy atom. The van der Waals surface area contributed by atoms with E-state index < -0.39 is 16.1 Å². The molecule has 3 aromatic carbocycles. The number of nitrogens with one attached hydrogen (secondary N) is 1. The van der Waals surface area contributed by atoms with Gasteiger partial charge in [0.2, 0.25) is 15.9 Å². The van der Waals surface area contributed by atoms with Gasteiger partial charge in [0.05, 0.1) is 29.6 Å². The van der Waals surface area contributed by atoms with Crippen LogP contribution in [-0.4, -0.2) is 38.3 Å². The molecule has 1 saturated carbocycles. The summed E-state index contributed by atoms with van der Waals surface area (Å²) in [5.41, 5.74) is 1.84. The molecule has 0 aliphatic heterocycles. The maximum Gasteiger partial charge on any atom is 0.243 e. The number of halogens is 1. The zero-order valence-electron chi connectivity index (χ0n) is 20.3. The monoisotopic (exact) mass is 526 g/mol. The smallest absolute Gasteiger partial charge is 0.243 e. The van der Waals surface area contributed by atoms with Crippen molar-refractivity contribution >= 4 is 27.5 Å². The molecule has 0 spiro atoms. The minimum Gasteiger partial charge on any atom is -0.495 e. The second kappa shape index (κ2) is 11.9. The van der Waals surface area contributed by atoms with E-state index in [0.717, 1.165) is 43.2 Å². The number of rotatable bonds is 9. The van der Waals surface area contributed by atoms with Crippen molar-refractivity contribution in [2.75, 3.05) is 13.7 Å². The fourth-order valence-corrected chi connectivity index (χ4v) is 6.71. The van der Waals surface area contributed by atoms with E-state index in [-0.39, 0.29) is 28.4 Å². The molecule has 1 amide bonds. The zero-order chi connectivity index (χ0) is 25.5. The molecular formula is C28H31ClN2O4S. The first kappa shape index (κ1) is 26.2. The van der Waals surface area contributed by atoms with E-state index in [1.807, 2.05) is 60.7 Å². The van der Waals surface area contributed by atoms with Crippen LogP contribution in [0.25, 0.3) is 0 Å². The molecule has 0 bridgehead atoms. The lowest BCUT2D eigenvalue weighted by atomic mass is 9.95. The molecule has 1 N–H and O–H groups in total. The third-order valence-electron chi connectivity index (χ3n) is 6.58. The zero-order valence-corrected chi connectivity index (χ0v) is 21.8. The quantitative estimate of drug-likeness (QED) is 0.395. The number of carbonyl (C=O) groups excluding carboxylic acids is 1. The van der Waals surface area contributed by atoms with Crippen LogP contribution in [-0.2, 0) is 14.8 Å². The van der Waals surface area contributed by atoms with Gasteiger partial charge in [-0.05, 0) is 42.2 Å². The fraction of sp³-hybridized carbons (Fsp3) is 0.321. The third kappa shape index (κ3) is 6.09. The summed E-state index contributed by atoms with van der Waals surface area (Å²) < 4.78 is 34.1. The lowest BCUT2D eigenvalue weighted by molar-refractivity contribution is -0.122. The molecule has 0 heterocycles. The predicted octanol–water partition coefficient (Wildman–Crippen LogP) is 5.58. The standard InChI is InChI=1S/C28H31ClN2O4S/c1-35-26-18-17-24(19-25(26)29)36(33,34)31(23-15-9-4-10-16-23)20-27(32)30-28(21-11-5-2-6-12-21)22-13-7-3-8-14-22/h2-3,5-8,11-14,17-19,23,28H,4,9-10,15-16,20H2,1H3,(H,30,32). The molecule has 1 aliphatic carbocycles. The number of sulfonamides is 1. The largest absolute Gasteiger partial charge is 0.495 e. The van der Waals surface area contributed by atoms with Gasteiger partial charge in [-0.3, -0.25) is 4.79 Å². The lowest BCUT2D eigenvalue weighted by Gasteiger charge is -2.33. The summed E-state index contributed by atoms with van der Waals surface area (Å²) in [5, 5.41) is 3.29. The molecule has 1 aliphatic rings. The molecule has 4 rings (SSSR count). The van der Waals surface area contributed by atoms with Crippen LogP contribution >= 0.6 is 11.6 Å². The number of amides is 1. The Hall–Kier alpha value is -2.87. The SMILES string of the molecule is COc1ccc(S(=O)(=O)N(CC(=O)NC(c2ccccc2)c2ccccc2)C2CCCCC2)cc1Cl. The Bertz CT molecular complexity index is 1220. The summed E-state index contributed by atoms with van der Waals surface area (Å²) in [5.74, 6) is 0.0348. The van der Waals surface area contributed by atoms with E-state index >= 15 is 0 Å². The van der Waals surface area contributed by atoms with Crippen LogP contribution in [0.3, 0.4) is 0 Å². The molecule has 0 aromatic heterocycles. The summed E-state index contributed by atoms with van der Waals surface area (Å²) in [4.78, 5) is 13.5. The molecule has 0 saturated heterocycles. The van der Waals surface area contributed by atoms with Crippen molar-refractivity contribution in [2.24, 2.45) is 0 Å². The number of hydrogen-bond donors (Lipinski definition) is 1. The number of ether oxygens (including phenoxy) is 1. The molecule has 36 heavy (non-hydrogen) atoms. The van der Waals surface area contributed by atoms with E-state index in [4.69, 9.17) is 16.3 Å². The van der Waals surface area contributed by atoms with Crippen LogP contribution in [0.5, 0.6) is 5.75 Å². The van der Waals surface area contributed by atoms with Gasteiger partial charge in [-0.1, -0.05) is 91.5 Å². The van der Waals surface area contributed by atoms with Crippen molar-refractivity contribution in [3.63, 3.8) is 0 Å². The van der Waals surface area contributed by atoms with E-state index in [2.05, 4.69) is 5.32 Å². The molecule has 8 heteroatoms. The van der Waals surface area contributed by atoms with E-state index in [1.54, 1.807) is 0 Å². The number of hydrogen-bond acceptors (Lipinski definition) is 4. The van der Waals surface area contributed by atoms with Crippen LogP contribution in [0, 0.1) is 0 Å². The van der Waals surface area contributed by atoms with Gasteiger partial charge >= 0.3 is 0 Å². The number of carbonyl (C=O) groups is 1. The van der Waals surface area contributed by atoms with Gasteiger partial charge in [-0.2, -0.15) is 4.31 Å². The highest BCUT2D eigenvalue weighted by Crippen LogP contribution is 2.32. The lowest BCUT2D eigenvalue weighted by Crippen LogP contribution is -2.47. The molecule has 6 nitrogen and oxygen atoms in total. The Morgan fingerprint density at radius 2 is 1.56 bits per heavy atom. The first-order valence-electron chi connectivity index (χ1n) is 12.1. The summed E-state index contributed by atoms with van der Waals surface area (Å²) in [6.07, 6.45) is 4.36. The summed E-state index contributed by atoms with van der Waals surface area (Å²) in [6, 6.07) is 23.1. The van der Waals surface area contributed by atoms with Crippen LogP contribution in [0.1, 0.15) is 49.3 Å². The van der Waals surface area contributed by atoms with E-state index in [9.17, 15) is 13.2 Å². The summed E-state index contributed by atoms with van der Waals surface area (Å²) >= 11 is 6.25. The average Bonchev–Trinajstić information content (AvgIpc) is 2.91. The predicted molar refractivity (Wildman–Crippen MR) is 142 cm³/mol. The second-order valence-electron chi connectivity index (χ2n) is 8.96. The van der Waals surface area contributed by atoms with E-state index in [1.165, 1.54) is 29.6 Å². The number of benzene rings is 3. The Balaban J connectivity index is 1.63. The number of methoxy groups -OCH3 is 1. The maximum absolute atomic E-state index is 13.8. The van der Waals surface area contributed by atoms with Gasteiger partial charge in [-0.25, -0.2) is 8.42 Å². The van der Waals surface area contributed by atoms with Crippen molar-refractivity contribution in [3.8, 4) is 5.75 Å². The van der Waals surface area contributed by atoms with Gasteiger partial charge < -0.3 is 10.1 Å². The highest BCUT2D eigenvalue weighted by molar-refractivity contribution is 7.89. The molecule has 0 atom stereocenters. The molecule has 0 radical (unpaired) electrons. The molecule has 3 aromatic rings. The van der Waals surface area contributed by atoms with Crippen LogP contribution in [0.15, 0.2) is 83.8 Å². The van der Waals surface area contributed by atoms with Crippen molar-refractivity contribution in [1.29, 1.82) is 0 Å². The van der Waals surface area contributed by atoms with Crippen molar-refractivity contribution in [2.45, 2.75) is 49.1 Å².